The molecule has 0 aliphatic heterocycles. The summed E-state index contributed by atoms with van der Waals surface area (Å²) < 4.78 is 6.36. The zero-order valence-electron chi connectivity index (χ0n) is 13.2. The number of ether oxygens (including phenoxy) is 1. The van der Waals surface area contributed by atoms with Crippen molar-refractivity contribution in [3.8, 4) is 5.75 Å². The lowest BCUT2D eigenvalue weighted by molar-refractivity contribution is -0.126. The highest BCUT2D eigenvalue weighted by Crippen LogP contribution is 2.15. The molecule has 0 fully saturated rings. The van der Waals surface area contributed by atoms with Gasteiger partial charge in [-0.2, -0.15) is 0 Å². The monoisotopic (exact) mass is 407 g/mol. The molecular weight excluding hydrogens is 390 g/mol. The summed E-state index contributed by atoms with van der Waals surface area (Å²) in [5, 5.41) is 4.97. The maximum Gasteiger partial charge on any atom is 0.276 e. The number of nitrogens with zero attached hydrogens (tertiary/aromatic N) is 1. The van der Waals surface area contributed by atoms with Crippen LogP contribution in [0.25, 0.3) is 0 Å². The number of halogens is 1. The van der Waals surface area contributed by atoms with Gasteiger partial charge in [-0.1, -0.05) is 46.3 Å². The van der Waals surface area contributed by atoms with Crippen molar-refractivity contribution in [2.75, 3.05) is 13.7 Å². The average Bonchev–Trinajstić information content (AvgIpc) is 2.60. The van der Waals surface area contributed by atoms with E-state index in [9.17, 15) is 4.79 Å². The van der Waals surface area contributed by atoms with Crippen molar-refractivity contribution in [3.05, 3.63) is 64.6 Å². The van der Waals surface area contributed by atoms with E-state index in [-0.39, 0.29) is 12.5 Å². The summed E-state index contributed by atoms with van der Waals surface area (Å²) in [6, 6.07) is 17.2. The van der Waals surface area contributed by atoms with Crippen molar-refractivity contribution in [1.82, 2.24) is 15.8 Å². The summed E-state index contributed by atoms with van der Waals surface area (Å²) in [5.74, 6) is 0.338. The van der Waals surface area contributed by atoms with Crippen molar-refractivity contribution in [2.24, 2.45) is 0 Å². The third kappa shape index (κ3) is 6.17. The number of benzene rings is 2. The molecule has 7 heteroatoms. The van der Waals surface area contributed by atoms with Crippen LogP contribution < -0.4 is 15.5 Å². The Morgan fingerprint density at radius 3 is 2.50 bits per heavy atom. The predicted octanol–water partition coefficient (Wildman–Crippen LogP) is 2.87. The SMILES string of the molecule is CN(NC(=O)COc1ccc(Br)cc1)C(=S)NCc1ccccc1. The van der Waals surface area contributed by atoms with Crippen LogP contribution in [0.4, 0.5) is 0 Å². The normalized spacial score (nSPS) is 9.92. The fraction of sp³-hybridized carbons (Fsp3) is 0.176. The van der Waals surface area contributed by atoms with Crippen LogP contribution in [0.3, 0.4) is 0 Å². The standard InChI is InChI=1S/C17H18BrN3O2S/c1-21(17(24)19-11-13-5-3-2-4-6-13)20-16(22)12-23-15-9-7-14(18)8-10-15/h2-10H,11-12H2,1H3,(H,19,24)(H,20,22). The summed E-state index contributed by atoms with van der Waals surface area (Å²) in [7, 11) is 1.68. The van der Waals surface area contributed by atoms with E-state index in [0.29, 0.717) is 17.4 Å². The van der Waals surface area contributed by atoms with Gasteiger partial charge < -0.3 is 10.1 Å². The summed E-state index contributed by atoms with van der Waals surface area (Å²) in [6.07, 6.45) is 0. The van der Waals surface area contributed by atoms with Gasteiger partial charge in [0.15, 0.2) is 11.7 Å². The molecule has 0 aliphatic carbocycles. The van der Waals surface area contributed by atoms with Crippen LogP contribution in [0.15, 0.2) is 59.1 Å². The van der Waals surface area contributed by atoms with Gasteiger partial charge in [-0.05, 0) is 42.0 Å². The highest BCUT2D eigenvalue weighted by molar-refractivity contribution is 9.10. The molecule has 2 rings (SSSR count). The minimum atomic E-state index is -0.288. The molecule has 24 heavy (non-hydrogen) atoms. The van der Waals surface area contributed by atoms with Crippen molar-refractivity contribution in [1.29, 1.82) is 0 Å². The number of hydrogen-bond acceptors (Lipinski definition) is 3. The third-order valence-electron chi connectivity index (χ3n) is 3.07. The summed E-state index contributed by atoms with van der Waals surface area (Å²) in [6.45, 7) is 0.503. The molecule has 0 radical (unpaired) electrons. The molecule has 126 valence electrons. The van der Waals surface area contributed by atoms with Crippen LogP contribution >= 0.6 is 28.1 Å². The van der Waals surface area contributed by atoms with Crippen LogP contribution in [0.1, 0.15) is 5.56 Å². The van der Waals surface area contributed by atoms with Crippen molar-refractivity contribution >= 4 is 39.2 Å². The summed E-state index contributed by atoms with van der Waals surface area (Å²) in [5.41, 5.74) is 3.76. The fourth-order valence-electron chi connectivity index (χ4n) is 1.84. The van der Waals surface area contributed by atoms with Gasteiger partial charge in [0.25, 0.3) is 5.91 Å². The molecule has 1 amide bonds. The molecule has 0 saturated carbocycles. The van der Waals surface area contributed by atoms with E-state index < -0.39 is 0 Å². The Hall–Kier alpha value is -2.12. The number of carbonyl (C=O) groups excluding carboxylic acids is 1. The van der Waals surface area contributed by atoms with Crippen LogP contribution in [-0.4, -0.2) is 29.7 Å². The van der Waals surface area contributed by atoms with E-state index in [0.717, 1.165) is 10.0 Å². The van der Waals surface area contributed by atoms with E-state index in [1.54, 1.807) is 19.2 Å². The second-order valence-corrected chi connectivity index (χ2v) is 6.28. The van der Waals surface area contributed by atoms with Crippen LogP contribution in [0.5, 0.6) is 5.75 Å². The zero-order chi connectivity index (χ0) is 17.4. The maximum atomic E-state index is 11.9. The Kier molecular flexibility index (Phi) is 7.02. The molecular formula is C17H18BrN3O2S. The summed E-state index contributed by atoms with van der Waals surface area (Å²) in [4.78, 5) is 11.9. The summed E-state index contributed by atoms with van der Waals surface area (Å²) >= 11 is 8.58. The highest BCUT2D eigenvalue weighted by atomic mass is 79.9. The Bertz CT molecular complexity index is 680. The molecule has 0 atom stereocenters. The average molecular weight is 408 g/mol. The van der Waals surface area contributed by atoms with Crippen LogP contribution in [0.2, 0.25) is 0 Å². The molecule has 0 aromatic heterocycles. The molecule has 0 spiro atoms. The molecule has 2 N–H and O–H groups in total. The smallest absolute Gasteiger partial charge is 0.276 e. The first-order valence-corrected chi connectivity index (χ1v) is 8.48. The lowest BCUT2D eigenvalue weighted by Crippen LogP contribution is -2.49. The fourth-order valence-corrected chi connectivity index (χ4v) is 2.22. The first kappa shape index (κ1) is 18.2. The van der Waals surface area contributed by atoms with Gasteiger partial charge in [0.1, 0.15) is 5.75 Å². The van der Waals surface area contributed by atoms with Gasteiger partial charge >= 0.3 is 0 Å². The Morgan fingerprint density at radius 2 is 1.83 bits per heavy atom. The van der Waals surface area contributed by atoms with E-state index >= 15 is 0 Å². The first-order valence-electron chi connectivity index (χ1n) is 7.28. The number of hydrogen-bond donors (Lipinski definition) is 2. The first-order chi connectivity index (χ1) is 11.5. The predicted molar refractivity (Wildman–Crippen MR) is 101 cm³/mol. The second kappa shape index (κ2) is 9.24. The molecule has 2 aromatic rings. The third-order valence-corrected chi connectivity index (χ3v) is 4.01. The van der Waals surface area contributed by atoms with Crippen LogP contribution in [-0.2, 0) is 11.3 Å². The highest BCUT2D eigenvalue weighted by Gasteiger charge is 2.09. The van der Waals surface area contributed by atoms with Gasteiger partial charge in [-0.3, -0.25) is 15.2 Å². The number of hydrazine groups is 1. The lowest BCUT2D eigenvalue weighted by atomic mass is 10.2. The topological polar surface area (TPSA) is 53.6 Å². The molecule has 0 saturated heterocycles. The maximum absolute atomic E-state index is 11.9. The molecule has 0 unspecified atom stereocenters. The van der Waals surface area contributed by atoms with Crippen molar-refractivity contribution in [3.63, 3.8) is 0 Å². The van der Waals surface area contributed by atoms with Crippen molar-refractivity contribution < 1.29 is 9.53 Å². The van der Waals surface area contributed by atoms with Gasteiger partial charge in [0.05, 0.1) is 0 Å². The van der Waals surface area contributed by atoms with Gasteiger partial charge in [0, 0.05) is 18.1 Å². The van der Waals surface area contributed by atoms with E-state index in [2.05, 4.69) is 26.7 Å². The molecule has 0 bridgehead atoms. The largest absolute Gasteiger partial charge is 0.484 e. The molecule has 2 aromatic carbocycles. The molecule has 0 heterocycles. The molecule has 0 aliphatic rings. The van der Waals surface area contributed by atoms with E-state index in [1.165, 1.54) is 5.01 Å². The Balaban J connectivity index is 1.72. The minimum absolute atomic E-state index is 0.0900. The van der Waals surface area contributed by atoms with Crippen LogP contribution in [0, 0.1) is 0 Å². The number of thiocarbonyl (C=S) groups is 1. The number of amides is 1. The second-order valence-electron chi connectivity index (χ2n) is 4.98. The van der Waals surface area contributed by atoms with Gasteiger partial charge in [-0.15, -0.1) is 0 Å². The van der Waals surface area contributed by atoms with E-state index in [4.69, 9.17) is 17.0 Å². The lowest BCUT2D eigenvalue weighted by Gasteiger charge is -2.21. The minimum Gasteiger partial charge on any atom is -0.484 e. The zero-order valence-corrected chi connectivity index (χ0v) is 15.6. The molecule has 5 nitrogen and oxygen atoms in total. The number of nitrogens with one attached hydrogen (secondary N) is 2. The number of rotatable bonds is 5. The number of carbonyl (C=O) groups is 1. The van der Waals surface area contributed by atoms with E-state index in [1.807, 2.05) is 42.5 Å². The van der Waals surface area contributed by atoms with Gasteiger partial charge in [-0.25, -0.2) is 0 Å². The van der Waals surface area contributed by atoms with Gasteiger partial charge in [0.2, 0.25) is 0 Å². The van der Waals surface area contributed by atoms with Crippen molar-refractivity contribution in [2.45, 2.75) is 6.54 Å². The Morgan fingerprint density at radius 1 is 1.17 bits per heavy atom. The quantitative estimate of drug-likeness (QED) is 0.589. The Labute approximate surface area is 155 Å².